The fourth-order valence-corrected chi connectivity index (χ4v) is 3.05. The summed E-state index contributed by atoms with van der Waals surface area (Å²) in [6.45, 7) is 1.81. The number of aryl methyl sites for hydroxylation is 1. The van der Waals surface area contributed by atoms with Crippen LogP contribution in [0.3, 0.4) is 0 Å². The molecule has 0 aliphatic carbocycles. The second-order valence-electron chi connectivity index (χ2n) is 6.31. The van der Waals surface area contributed by atoms with Crippen molar-refractivity contribution in [1.82, 2.24) is 20.4 Å². The molecule has 146 valence electrons. The van der Waals surface area contributed by atoms with Gasteiger partial charge in [-0.05, 0) is 18.6 Å². The summed E-state index contributed by atoms with van der Waals surface area (Å²) in [7, 11) is 0. The van der Waals surface area contributed by atoms with Crippen molar-refractivity contribution in [3.8, 4) is 17.1 Å². The van der Waals surface area contributed by atoms with Gasteiger partial charge >= 0.3 is 0 Å². The molecule has 2 aromatic carbocycles. The Morgan fingerprint density at radius 2 is 1.86 bits per heavy atom. The van der Waals surface area contributed by atoms with Crippen molar-refractivity contribution in [3.63, 3.8) is 0 Å². The topological polar surface area (TPSA) is 90.1 Å². The molecule has 4 aromatic rings. The zero-order valence-corrected chi connectivity index (χ0v) is 16.3. The SMILES string of the molecule is Cc1nc(OCC(=O)NCc2ccccc2Cl)c2c(-c3ccccc3)noc2n1. The Kier molecular flexibility index (Phi) is 5.39. The molecule has 0 atom stereocenters. The summed E-state index contributed by atoms with van der Waals surface area (Å²) in [6.07, 6.45) is 0. The molecule has 0 radical (unpaired) electrons. The van der Waals surface area contributed by atoms with Gasteiger partial charge in [0.15, 0.2) is 6.61 Å². The van der Waals surface area contributed by atoms with Gasteiger partial charge < -0.3 is 14.6 Å². The highest BCUT2D eigenvalue weighted by molar-refractivity contribution is 6.31. The maximum atomic E-state index is 12.3. The molecule has 0 aliphatic heterocycles. The van der Waals surface area contributed by atoms with Crippen molar-refractivity contribution >= 4 is 28.6 Å². The molecule has 0 aliphatic rings. The van der Waals surface area contributed by atoms with Crippen LogP contribution in [0.1, 0.15) is 11.4 Å². The number of nitrogens with zero attached hydrogens (tertiary/aromatic N) is 3. The van der Waals surface area contributed by atoms with Crippen molar-refractivity contribution in [2.75, 3.05) is 6.61 Å². The van der Waals surface area contributed by atoms with Crippen LogP contribution in [-0.2, 0) is 11.3 Å². The Labute approximate surface area is 171 Å². The van der Waals surface area contributed by atoms with Crippen LogP contribution in [0.4, 0.5) is 0 Å². The fraction of sp³-hybridized carbons (Fsp3) is 0.143. The summed E-state index contributed by atoms with van der Waals surface area (Å²) >= 11 is 6.11. The number of aromatic nitrogens is 3. The number of nitrogens with one attached hydrogen (secondary N) is 1. The summed E-state index contributed by atoms with van der Waals surface area (Å²) in [5.41, 5.74) is 2.54. The minimum atomic E-state index is -0.299. The molecule has 1 amide bonds. The molecule has 4 rings (SSSR count). The predicted molar refractivity (Wildman–Crippen MR) is 109 cm³/mol. The Morgan fingerprint density at radius 3 is 2.66 bits per heavy atom. The van der Waals surface area contributed by atoms with Gasteiger partial charge in [-0.1, -0.05) is 65.3 Å². The van der Waals surface area contributed by atoms with Crippen molar-refractivity contribution in [2.45, 2.75) is 13.5 Å². The van der Waals surface area contributed by atoms with Gasteiger partial charge in [-0.15, -0.1) is 0 Å². The Morgan fingerprint density at radius 1 is 1.10 bits per heavy atom. The third kappa shape index (κ3) is 4.20. The van der Waals surface area contributed by atoms with E-state index in [1.807, 2.05) is 48.5 Å². The molecule has 0 fully saturated rings. The largest absolute Gasteiger partial charge is 0.467 e. The minimum absolute atomic E-state index is 0.213. The number of carbonyl (C=O) groups excluding carboxylic acids is 1. The fourth-order valence-electron chi connectivity index (χ4n) is 2.84. The summed E-state index contributed by atoms with van der Waals surface area (Å²) in [6, 6.07) is 16.8. The average molecular weight is 409 g/mol. The molecule has 0 saturated carbocycles. The summed E-state index contributed by atoms with van der Waals surface area (Å²) < 4.78 is 11.1. The molecule has 2 heterocycles. The number of ether oxygens (including phenoxy) is 1. The van der Waals surface area contributed by atoms with Crippen LogP contribution in [-0.4, -0.2) is 27.6 Å². The molecule has 2 aromatic heterocycles. The smallest absolute Gasteiger partial charge is 0.265 e. The van der Waals surface area contributed by atoms with Crippen molar-refractivity contribution in [2.24, 2.45) is 0 Å². The Balaban J connectivity index is 1.52. The van der Waals surface area contributed by atoms with E-state index < -0.39 is 0 Å². The van der Waals surface area contributed by atoms with Gasteiger partial charge in [-0.2, -0.15) is 9.97 Å². The lowest BCUT2D eigenvalue weighted by Gasteiger charge is -2.09. The van der Waals surface area contributed by atoms with Gasteiger partial charge in [0.2, 0.25) is 5.88 Å². The molecule has 7 nitrogen and oxygen atoms in total. The zero-order chi connectivity index (χ0) is 20.2. The number of amides is 1. The van der Waals surface area contributed by atoms with E-state index in [1.54, 1.807) is 13.0 Å². The second-order valence-corrected chi connectivity index (χ2v) is 6.72. The Bertz CT molecular complexity index is 1160. The molecule has 0 spiro atoms. The van der Waals surface area contributed by atoms with E-state index in [0.717, 1.165) is 11.1 Å². The van der Waals surface area contributed by atoms with Crippen LogP contribution in [0.2, 0.25) is 5.02 Å². The number of benzene rings is 2. The van der Waals surface area contributed by atoms with E-state index in [9.17, 15) is 4.79 Å². The van der Waals surface area contributed by atoms with Gasteiger partial charge in [-0.3, -0.25) is 4.79 Å². The van der Waals surface area contributed by atoms with E-state index in [4.69, 9.17) is 20.9 Å². The molecule has 29 heavy (non-hydrogen) atoms. The average Bonchev–Trinajstić information content (AvgIpc) is 3.16. The van der Waals surface area contributed by atoms with Gasteiger partial charge in [0, 0.05) is 17.1 Å². The normalized spacial score (nSPS) is 10.8. The first-order valence-electron chi connectivity index (χ1n) is 8.94. The highest BCUT2D eigenvalue weighted by Crippen LogP contribution is 2.32. The van der Waals surface area contributed by atoms with Crippen LogP contribution in [0.5, 0.6) is 5.88 Å². The lowest BCUT2D eigenvalue weighted by molar-refractivity contribution is -0.123. The minimum Gasteiger partial charge on any atom is -0.467 e. The number of hydrogen-bond donors (Lipinski definition) is 1. The van der Waals surface area contributed by atoms with Crippen molar-refractivity contribution < 1.29 is 14.1 Å². The maximum absolute atomic E-state index is 12.3. The van der Waals surface area contributed by atoms with Crippen LogP contribution < -0.4 is 10.1 Å². The number of rotatable bonds is 6. The predicted octanol–water partition coefficient (Wildman–Crippen LogP) is 3.94. The highest BCUT2D eigenvalue weighted by atomic mass is 35.5. The lowest BCUT2D eigenvalue weighted by Crippen LogP contribution is -2.28. The van der Waals surface area contributed by atoms with Gasteiger partial charge in [0.25, 0.3) is 11.6 Å². The second kappa shape index (κ2) is 8.28. The van der Waals surface area contributed by atoms with Gasteiger partial charge in [0.05, 0.1) is 0 Å². The van der Waals surface area contributed by atoms with E-state index in [2.05, 4.69) is 20.4 Å². The van der Waals surface area contributed by atoms with Crippen LogP contribution in [0.25, 0.3) is 22.4 Å². The molecule has 0 unspecified atom stereocenters. The zero-order valence-electron chi connectivity index (χ0n) is 15.6. The lowest BCUT2D eigenvalue weighted by atomic mass is 10.1. The van der Waals surface area contributed by atoms with Crippen LogP contribution in [0.15, 0.2) is 59.1 Å². The number of carbonyl (C=O) groups is 1. The molecule has 0 bridgehead atoms. The first kappa shape index (κ1) is 18.9. The third-order valence-corrected chi connectivity index (χ3v) is 4.60. The van der Waals surface area contributed by atoms with Crippen LogP contribution in [0, 0.1) is 6.92 Å². The first-order chi connectivity index (χ1) is 14.1. The van der Waals surface area contributed by atoms with Gasteiger partial charge in [-0.25, -0.2) is 0 Å². The first-order valence-corrected chi connectivity index (χ1v) is 9.32. The summed E-state index contributed by atoms with van der Waals surface area (Å²) in [5, 5.41) is 8.01. The van der Waals surface area contributed by atoms with Crippen molar-refractivity contribution in [1.29, 1.82) is 0 Å². The monoisotopic (exact) mass is 408 g/mol. The highest BCUT2D eigenvalue weighted by Gasteiger charge is 2.19. The summed E-state index contributed by atoms with van der Waals surface area (Å²) in [5.74, 6) is 0.410. The third-order valence-electron chi connectivity index (χ3n) is 4.24. The van der Waals surface area contributed by atoms with E-state index in [0.29, 0.717) is 34.2 Å². The van der Waals surface area contributed by atoms with Gasteiger partial charge in [0.1, 0.15) is 16.9 Å². The van der Waals surface area contributed by atoms with E-state index in [1.165, 1.54) is 0 Å². The molecular weight excluding hydrogens is 392 g/mol. The molecule has 1 N–H and O–H groups in total. The quantitative estimate of drug-likeness (QED) is 0.519. The molecule has 8 heteroatoms. The maximum Gasteiger partial charge on any atom is 0.265 e. The van der Waals surface area contributed by atoms with Crippen LogP contribution >= 0.6 is 11.6 Å². The number of halogens is 1. The summed E-state index contributed by atoms with van der Waals surface area (Å²) in [4.78, 5) is 20.8. The van der Waals surface area contributed by atoms with E-state index in [-0.39, 0.29) is 18.4 Å². The molecule has 0 saturated heterocycles. The number of hydrogen-bond acceptors (Lipinski definition) is 6. The number of fused-ring (bicyclic) bond motifs is 1. The van der Waals surface area contributed by atoms with E-state index >= 15 is 0 Å². The standard InChI is InChI=1S/C21H17ClN4O3/c1-13-24-20(28-12-17(27)23-11-15-9-5-6-10-16(15)22)18-19(26-29-21(18)25-13)14-7-3-2-4-8-14/h2-10H,11-12H2,1H3,(H,23,27). The van der Waals surface area contributed by atoms with Crippen molar-refractivity contribution in [3.05, 3.63) is 71.0 Å². The molecular formula is C21H17ClN4O3. The Hall–Kier alpha value is -3.45.